The molecule has 0 aromatic heterocycles. The molecule has 9 heteroatoms. The number of carbonyl (C=O) groups is 2. The lowest BCUT2D eigenvalue weighted by atomic mass is 9.85. The summed E-state index contributed by atoms with van der Waals surface area (Å²) in [7, 11) is 0. The van der Waals surface area contributed by atoms with Crippen molar-refractivity contribution in [1.29, 1.82) is 0 Å². The van der Waals surface area contributed by atoms with E-state index in [4.69, 9.17) is 32.7 Å². The Hall–Kier alpha value is -2.10. The fourth-order valence-corrected chi connectivity index (χ4v) is 6.22. The van der Waals surface area contributed by atoms with Gasteiger partial charge in [-0.3, -0.25) is 9.59 Å². The molecule has 0 unspecified atom stereocenters. The molecule has 1 saturated carbocycles. The zero-order chi connectivity index (χ0) is 24.0. The van der Waals surface area contributed by atoms with Gasteiger partial charge >= 0.3 is 0 Å². The Kier molecular flexibility index (Phi) is 6.61. The first-order valence-electron chi connectivity index (χ1n) is 11.0. The zero-order valence-electron chi connectivity index (χ0n) is 18.2. The minimum atomic E-state index is -0.269. The van der Waals surface area contributed by atoms with Crippen LogP contribution in [0.3, 0.4) is 0 Å². The van der Waals surface area contributed by atoms with Crippen molar-refractivity contribution < 1.29 is 19.1 Å². The number of rotatable bonds is 7. The first kappa shape index (κ1) is 23.6. The van der Waals surface area contributed by atoms with E-state index in [1.807, 2.05) is 19.1 Å². The van der Waals surface area contributed by atoms with Gasteiger partial charge in [-0.2, -0.15) is 10.1 Å². The number of hydrazone groups is 1. The van der Waals surface area contributed by atoms with Crippen LogP contribution in [0.15, 0.2) is 47.6 Å². The van der Waals surface area contributed by atoms with Crippen molar-refractivity contribution >= 4 is 63.8 Å². The molecule has 2 aromatic carbocycles. The molecule has 0 spiro atoms. The number of imide groups is 1. The number of ether oxygens (including phenoxy) is 2. The second-order valence-electron chi connectivity index (χ2n) is 8.52. The average molecular weight is 611 g/mol. The van der Waals surface area contributed by atoms with Crippen LogP contribution >= 0.6 is 45.8 Å². The molecule has 5 rings (SSSR count). The number of allylic oxidation sites excluding steroid dienone is 2. The normalized spacial score (nSPS) is 25.0. The molecule has 4 atom stereocenters. The van der Waals surface area contributed by atoms with E-state index in [9.17, 15) is 9.59 Å². The van der Waals surface area contributed by atoms with Crippen molar-refractivity contribution in [3.05, 3.63) is 67.2 Å². The molecule has 2 aliphatic carbocycles. The third-order valence-electron chi connectivity index (χ3n) is 6.49. The van der Waals surface area contributed by atoms with Crippen LogP contribution in [0.5, 0.6) is 11.5 Å². The molecule has 2 amide bonds. The number of hydrogen-bond acceptors (Lipinski definition) is 5. The van der Waals surface area contributed by atoms with Crippen molar-refractivity contribution in [1.82, 2.24) is 5.01 Å². The van der Waals surface area contributed by atoms with E-state index in [1.54, 1.807) is 18.2 Å². The average Bonchev–Trinajstić information content (AvgIpc) is 3.47. The highest BCUT2D eigenvalue weighted by molar-refractivity contribution is 14.1. The summed E-state index contributed by atoms with van der Waals surface area (Å²) in [4.78, 5) is 25.7. The molecule has 3 aliphatic rings. The summed E-state index contributed by atoms with van der Waals surface area (Å²) < 4.78 is 12.7. The molecule has 2 bridgehead atoms. The van der Waals surface area contributed by atoms with Crippen LogP contribution in [0, 0.1) is 27.2 Å². The summed E-state index contributed by atoms with van der Waals surface area (Å²) in [5, 5.41) is 6.40. The van der Waals surface area contributed by atoms with Gasteiger partial charge in [0.15, 0.2) is 11.5 Å². The summed E-state index contributed by atoms with van der Waals surface area (Å²) in [5.74, 6) is 0.481. The van der Waals surface area contributed by atoms with Crippen molar-refractivity contribution in [2.24, 2.45) is 28.8 Å². The Labute approximate surface area is 221 Å². The molecular formula is C25H21Cl2IN2O4. The third-order valence-corrected chi connectivity index (χ3v) is 7.88. The number of nitrogens with zero attached hydrogens (tertiary/aromatic N) is 2. The highest BCUT2D eigenvalue weighted by Crippen LogP contribution is 2.52. The Morgan fingerprint density at radius 1 is 1.09 bits per heavy atom. The Balaban J connectivity index is 1.35. The maximum absolute atomic E-state index is 12.9. The van der Waals surface area contributed by atoms with Gasteiger partial charge in [0.2, 0.25) is 0 Å². The SMILES string of the molecule is CCOc1cc(/C=N\N2C(=O)[C@@H]3[C@H](C2=O)[C@H]2C=C[C@H]3C2)cc(I)c1OCc1ccc(Cl)cc1Cl. The fraction of sp³-hybridized carbons (Fsp3) is 0.320. The first-order valence-corrected chi connectivity index (χ1v) is 12.8. The first-order chi connectivity index (χ1) is 16.4. The van der Waals surface area contributed by atoms with Gasteiger partial charge in [-0.25, -0.2) is 0 Å². The van der Waals surface area contributed by atoms with Crippen LogP contribution in [-0.2, 0) is 16.2 Å². The Morgan fingerprint density at radius 2 is 1.79 bits per heavy atom. The zero-order valence-corrected chi connectivity index (χ0v) is 21.9. The summed E-state index contributed by atoms with van der Waals surface area (Å²) in [6.07, 6.45) is 6.55. The highest BCUT2D eigenvalue weighted by atomic mass is 127. The monoisotopic (exact) mass is 610 g/mol. The highest BCUT2D eigenvalue weighted by Gasteiger charge is 2.59. The summed E-state index contributed by atoms with van der Waals surface area (Å²) in [5.41, 5.74) is 1.50. The van der Waals surface area contributed by atoms with Gasteiger partial charge in [0.25, 0.3) is 11.8 Å². The van der Waals surface area contributed by atoms with Crippen LogP contribution in [-0.4, -0.2) is 29.6 Å². The van der Waals surface area contributed by atoms with Crippen LogP contribution in [0.2, 0.25) is 10.0 Å². The number of fused-ring (bicyclic) bond motifs is 5. The molecule has 1 aliphatic heterocycles. The molecule has 0 radical (unpaired) electrons. The summed E-state index contributed by atoms with van der Waals surface area (Å²) in [6.45, 7) is 2.57. The molecular weight excluding hydrogens is 590 g/mol. The lowest BCUT2D eigenvalue weighted by Gasteiger charge is -2.15. The second kappa shape index (κ2) is 9.51. The molecule has 34 heavy (non-hydrogen) atoms. The second-order valence-corrected chi connectivity index (χ2v) is 10.5. The summed E-state index contributed by atoms with van der Waals surface area (Å²) in [6, 6.07) is 8.90. The molecule has 1 saturated heterocycles. The molecule has 6 nitrogen and oxygen atoms in total. The van der Waals surface area contributed by atoms with Gasteiger partial charge in [0.05, 0.1) is 28.2 Å². The van der Waals surface area contributed by atoms with E-state index >= 15 is 0 Å². The lowest BCUT2D eigenvalue weighted by molar-refractivity contribution is -0.140. The van der Waals surface area contributed by atoms with Gasteiger partial charge in [0, 0.05) is 15.6 Å². The number of hydrogen-bond donors (Lipinski definition) is 0. The predicted molar refractivity (Wildman–Crippen MR) is 138 cm³/mol. The quantitative estimate of drug-likeness (QED) is 0.174. The van der Waals surface area contributed by atoms with E-state index in [2.05, 4.69) is 39.8 Å². The van der Waals surface area contributed by atoms with E-state index in [0.717, 1.165) is 20.6 Å². The van der Waals surface area contributed by atoms with Crippen molar-refractivity contribution in [2.75, 3.05) is 6.61 Å². The van der Waals surface area contributed by atoms with E-state index in [0.29, 0.717) is 33.7 Å². The van der Waals surface area contributed by atoms with Gasteiger partial charge < -0.3 is 9.47 Å². The van der Waals surface area contributed by atoms with Crippen molar-refractivity contribution in [3.8, 4) is 11.5 Å². The molecule has 1 heterocycles. The van der Waals surface area contributed by atoms with Gasteiger partial charge in [-0.1, -0.05) is 41.4 Å². The minimum absolute atomic E-state index is 0.155. The Morgan fingerprint density at radius 3 is 2.44 bits per heavy atom. The molecule has 176 valence electrons. The third kappa shape index (κ3) is 4.22. The van der Waals surface area contributed by atoms with Crippen molar-refractivity contribution in [3.63, 3.8) is 0 Å². The Bertz CT molecular complexity index is 1200. The standard InChI is InChI=1S/C25H21Cl2IN2O4/c1-2-33-20-8-13(7-19(28)23(20)34-12-16-5-6-17(26)10-18(16)27)11-29-30-24(31)21-14-3-4-15(9-14)22(21)25(30)32/h3-8,10-11,14-15,21-22H,2,9,12H2,1H3/b29-11-/t14-,15-,21-,22+/m0/s1. The predicted octanol–water partition coefficient (Wildman–Crippen LogP) is 5.72. The summed E-state index contributed by atoms with van der Waals surface area (Å²) >= 11 is 14.4. The van der Waals surface area contributed by atoms with Crippen LogP contribution < -0.4 is 9.47 Å². The topological polar surface area (TPSA) is 68.2 Å². The number of halogens is 3. The molecule has 2 aromatic rings. The fourth-order valence-electron chi connectivity index (χ4n) is 4.98. The maximum atomic E-state index is 12.9. The van der Waals surface area contributed by atoms with Gasteiger partial charge in [-0.05, 0) is 77.6 Å². The smallest absolute Gasteiger partial charge is 0.254 e. The maximum Gasteiger partial charge on any atom is 0.254 e. The van der Waals surface area contributed by atoms with Gasteiger partial charge in [-0.15, -0.1) is 0 Å². The van der Waals surface area contributed by atoms with Crippen LogP contribution in [0.1, 0.15) is 24.5 Å². The largest absolute Gasteiger partial charge is 0.490 e. The minimum Gasteiger partial charge on any atom is -0.490 e. The van der Waals surface area contributed by atoms with E-state index in [1.165, 1.54) is 6.21 Å². The number of amides is 2. The number of carbonyl (C=O) groups excluding carboxylic acids is 2. The van der Waals surface area contributed by atoms with Crippen molar-refractivity contribution in [2.45, 2.75) is 20.0 Å². The van der Waals surface area contributed by atoms with Crippen LogP contribution in [0.4, 0.5) is 0 Å². The van der Waals surface area contributed by atoms with Gasteiger partial charge in [0.1, 0.15) is 6.61 Å². The number of benzene rings is 2. The van der Waals surface area contributed by atoms with E-state index < -0.39 is 0 Å². The molecule has 2 fully saturated rings. The van der Waals surface area contributed by atoms with Crippen LogP contribution in [0.25, 0.3) is 0 Å². The molecule has 0 N–H and O–H groups in total. The lowest BCUT2D eigenvalue weighted by Crippen LogP contribution is -2.28. The van der Waals surface area contributed by atoms with E-state index in [-0.39, 0.29) is 42.1 Å².